The van der Waals surface area contributed by atoms with Crippen LogP contribution in [-0.4, -0.2) is 36.9 Å². The predicted octanol–water partition coefficient (Wildman–Crippen LogP) is 1.62. The SMILES string of the molecule is CC(CO)NC(=O)/C=C/c1cc(Cl)c2c(c1)OCCO2. The summed E-state index contributed by atoms with van der Waals surface area (Å²) < 4.78 is 10.9. The van der Waals surface area contributed by atoms with Gasteiger partial charge in [-0.1, -0.05) is 11.6 Å². The van der Waals surface area contributed by atoms with Crippen LogP contribution in [0.1, 0.15) is 12.5 Å². The van der Waals surface area contributed by atoms with Crippen LogP contribution in [0.15, 0.2) is 18.2 Å². The maximum atomic E-state index is 11.6. The molecule has 0 aliphatic carbocycles. The molecule has 108 valence electrons. The highest BCUT2D eigenvalue weighted by Gasteiger charge is 2.15. The van der Waals surface area contributed by atoms with Crippen molar-refractivity contribution in [3.05, 3.63) is 28.8 Å². The number of ether oxygens (including phenoxy) is 2. The van der Waals surface area contributed by atoms with E-state index in [1.54, 1.807) is 25.1 Å². The van der Waals surface area contributed by atoms with Gasteiger partial charge in [0.25, 0.3) is 0 Å². The number of fused-ring (bicyclic) bond motifs is 1. The zero-order chi connectivity index (χ0) is 14.5. The third-order valence-electron chi connectivity index (χ3n) is 2.71. The lowest BCUT2D eigenvalue weighted by atomic mass is 10.1. The number of amides is 1. The molecule has 0 spiro atoms. The molecule has 1 aliphatic heterocycles. The number of hydrogen-bond acceptors (Lipinski definition) is 4. The molecule has 1 heterocycles. The quantitative estimate of drug-likeness (QED) is 0.829. The third kappa shape index (κ3) is 3.65. The van der Waals surface area contributed by atoms with Crippen LogP contribution in [0.2, 0.25) is 5.02 Å². The average molecular weight is 298 g/mol. The van der Waals surface area contributed by atoms with Crippen molar-refractivity contribution in [1.82, 2.24) is 5.32 Å². The minimum atomic E-state index is -0.281. The molecule has 20 heavy (non-hydrogen) atoms. The van der Waals surface area contributed by atoms with E-state index in [9.17, 15) is 4.79 Å². The molecular weight excluding hydrogens is 282 g/mol. The number of aliphatic hydroxyl groups is 1. The van der Waals surface area contributed by atoms with Gasteiger partial charge in [0.1, 0.15) is 13.2 Å². The van der Waals surface area contributed by atoms with Gasteiger partial charge in [0, 0.05) is 12.1 Å². The summed E-state index contributed by atoms with van der Waals surface area (Å²) in [6, 6.07) is 3.18. The summed E-state index contributed by atoms with van der Waals surface area (Å²) in [5, 5.41) is 11.9. The molecule has 0 radical (unpaired) electrons. The Morgan fingerprint density at radius 1 is 1.50 bits per heavy atom. The van der Waals surface area contributed by atoms with E-state index in [0.29, 0.717) is 29.7 Å². The first-order valence-electron chi connectivity index (χ1n) is 6.28. The van der Waals surface area contributed by atoms with Crippen molar-refractivity contribution in [1.29, 1.82) is 0 Å². The van der Waals surface area contributed by atoms with E-state index in [1.807, 2.05) is 0 Å². The average Bonchev–Trinajstić information content (AvgIpc) is 2.45. The Morgan fingerprint density at radius 2 is 2.25 bits per heavy atom. The zero-order valence-corrected chi connectivity index (χ0v) is 11.8. The lowest BCUT2D eigenvalue weighted by molar-refractivity contribution is -0.117. The van der Waals surface area contributed by atoms with Crippen molar-refractivity contribution in [2.75, 3.05) is 19.8 Å². The van der Waals surface area contributed by atoms with E-state index < -0.39 is 0 Å². The molecule has 6 heteroatoms. The molecule has 2 N–H and O–H groups in total. The minimum Gasteiger partial charge on any atom is -0.486 e. The largest absolute Gasteiger partial charge is 0.486 e. The van der Waals surface area contributed by atoms with Crippen LogP contribution in [0.5, 0.6) is 11.5 Å². The normalized spacial score (nSPS) is 15.2. The van der Waals surface area contributed by atoms with E-state index in [-0.39, 0.29) is 18.6 Å². The van der Waals surface area contributed by atoms with E-state index in [1.165, 1.54) is 6.08 Å². The van der Waals surface area contributed by atoms with Crippen molar-refractivity contribution < 1.29 is 19.4 Å². The van der Waals surface area contributed by atoms with Gasteiger partial charge >= 0.3 is 0 Å². The Labute approximate surface area is 122 Å². The van der Waals surface area contributed by atoms with E-state index in [0.717, 1.165) is 5.56 Å². The molecule has 2 rings (SSSR count). The number of aliphatic hydroxyl groups excluding tert-OH is 1. The maximum absolute atomic E-state index is 11.6. The van der Waals surface area contributed by atoms with Crippen molar-refractivity contribution in [3.63, 3.8) is 0 Å². The lowest BCUT2D eigenvalue weighted by Crippen LogP contribution is -2.33. The number of rotatable bonds is 4. The summed E-state index contributed by atoms with van der Waals surface area (Å²) in [7, 11) is 0. The number of nitrogens with one attached hydrogen (secondary N) is 1. The smallest absolute Gasteiger partial charge is 0.244 e. The standard InChI is InChI=1S/C14H16ClNO4/c1-9(8-17)16-13(18)3-2-10-6-11(15)14-12(7-10)19-4-5-20-14/h2-3,6-7,9,17H,4-5,8H2,1H3,(H,16,18)/b3-2+. The first-order valence-corrected chi connectivity index (χ1v) is 6.66. The van der Waals surface area contributed by atoms with E-state index >= 15 is 0 Å². The van der Waals surface area contributed by atoms with Crippen LogP contribution < -0.4 is 14.8 Å². The molecule has 0 fully saturated rings. The Hall–Kier alpha value is -1.72. The van der Waals surface area contributed by atoms with Gasteiger partial charge in [-0.25, -0.2) is 0 Å². The second-order valence-electron chi connectivity index (χ2n) is 4.45. The predicted molar refractivity (Wildman–Crippen MR) is 76.2 cm³/mol. The number of benzene rings is 1. The molecule has 1 unspecified atom stereocenters. The van der Waals surface area contributed by atoms with Crippen LogP contribution in [0.4, 0.5) is 0 Å². The Kier molecular flexibility index (Phi) is 4.87. The summed E-state index contributed by atoms with van der Waals surface area (Å²) in [4.78, 5) is 11.6. The molecule has 5 nitrogen and oxygen atoms in total. The summed E-state index contributed by atoms with van der Waals surface area (Å²) in [6.45, 7) is 2.57. The summed E-state index contributed by atoms with van der Waals surface area (Å²) in [5.41, 5.74) is 0.742. The molecule has 0 saturated heterocycles. The van der Waals surface area contributed by atoms with Crippen LogP contribution >= 0.6 is 11.6 Å². The lowest BCUT2D eigenvalue weighted by Gasteiger charge is -2.19. The number of halogens is 1. The first kappa shape index (κ1) is 14.7. The Bertz CT molecular complexity index is 530. The number of carbonyl (C=O) groups excluding carboxylic acids is 1. The van der Waals surface area contributed by atoms with E-state index in [4.69, 9.17) is 26.2 Å². The fourth-order valence-corrected chi connectivity index (χ4v) is 2.01. The summed E-state index contributed by atoms with van der Waals surface area (Å²) >= 11 is 6.10. The van der Waals surface area contributed by atoms with Crippen molar-refractivity contribution in [2.45, 2.75) is 13.0 Å². The van der Waals surface area contributed by atoms with Crippen LogP contribution in [0, 0.1) is 0 Å². The molecule has 1 amide bonds. The molecule has 1 atom stereocenters. The van der Waals surface area contributed by atoms with Gasteiger partial charge in [0.05, 0.1) is 11.6 Å². The second kappa shape index (κ2) is 6.63. The highest BCUT2D eigenvalue weighted by molar-refractivity contribution is 6.32. The van der Waals surface area contributed by atoms with Crippen molar-refractivity contribution in [2.24, 2.45) is 0 Å². The molecule has 1 aromatic rings. The first-order chi connectivity index (χ1) is 9.60. The van der Waals surface area contributed by atoms with Gasteiger partial charge < -0.3 is 19.9 Å². The van der Waals surface area contributed by atoms with Gasteiger partial charge in [-0.2, -0.15) is 0 Å². The highest BCUT2D eigenvalue weighted by Crippen LogP contribution is 2.38. The summed E-state index contributed by atoms with van der Waals surface area (Å²) in [6.07, 6.45) is 3.01. The number of hydrogen-bond donors (Lipinski definition) is 2. The topological polar surface area (TPSA) is 67.8 Å². The van der Waals surface area contributed by atoms with Gasteiger partial charge in [-0.05, 0) is 30.7 Å². The monoisotopic (exact) mass is 297 g/mol. The van der Waals surface area contributed by atoms with Gasteiger partial charge in [0.15, 0.2) is 11.5 Å². The molecular formula is C14H16ClNO4. The van der Waals surface area contributed by atoms with Crippen molar-refractivity contribution in [3.8, 4) is 11.5 Å². The molecule has 0 aromatic heterocycles. The fourth-order valence-electron chi connectivity index (χ4n) is 1.74. The zero-order valence-electron chi connectivity index (χ0n) is 11.1. The highest BCUT2D eigenvalue weighted by atomic mass is 35.5. The summed E-state index contributed by atoms with van der Waals surface area (Å²) in [5.74, 6) is 0.832. The van der Waals surface area contributed by atoms with Crippen molar-refractivity contribution >= 4 is 23.6 Å². The van der Waals surface area contributed by atoms with Crippen LogP contribution in [0.25, 0.3) is 6.08 Å². The van der Waals surface area contributed by atoms with Crippen LogP contribution in [-0.2, 0) is 4.79 Å². The second-order valence-corrected chi connectivity index (χ2v) is 4.86. The Morgan fingerprint density at radius 3 is 3.00 bits per heavy atom. The maximum Gasteiger partial charge on any atom is 0.244 e. The number of carbonyl (C=O) groups is 1. The molecule has 1 aromatic carbocycles. The minimum absolute atomic E-state index is 0.102. The molecule has 0 saturated carbocycles. The molecule has 1 aliphatic rings. The van der Waals surface area contributed by atoms with Gasteiger partial charge in [-0.3, -0.25) is 4.79 Å². The third-order valence-corrected chi connectivity index (χ3v) is 2.99. The Balaban J connectivity index is 2.10. The van der Waals surface area contributed by atoms with Gasteiger partial charge in [0.2, 0.25) is 5.91 Å². The van der Waals surface area contributed by atoms with E-state index in [2.05, 4.69) is 5.32 Å². The molecule has 0 bridgehead atoms. The van der Waals surface area contributed by atoms with Gasteiger partial charge in [-0.15, -0.1) is 0 Å². The fraction of sp³-hybridized carbons (Fsp3) is 0.357. The van der Waals surface area contributed by atoms with Crippen LogP contribution in [0.3, 0.4) is 0 Å².